The molecule has 1 aliphatic carbocycles. The largest absolute Gasteiger partial charge is 0.495 e. The Kier molecular flexibility index (Phi) is 5.50. The molecule has 0 radical (unpaired) electrons. The highest BCUT2D eigenvalue weighted by atomic mass is 16.5. The van der Waals surface area contributed by atoms with E-state index in [0.717, 1.165) is 36.7 Å². The second-order valence-electron chi connectivity index (χ2n) is 7.91. The SMILES string of the molecule is COc1cc(C(N)=O)ccc1Nc1ncc2cc(C(=O)N(C)C)n(C3CCCC3)c2n1. The lowest BCUT2D eigenvalue weighted by molar-refractivity contribution is 0.0815. The highest BCUT2D eigenvalue weighted by molar-refractivity contribution is 5.98. The Bertz CT molecular complexity index is 1150. The first-order chi connectivity index (χ1) is 14.9. The van der Waals surface area contributed by atoms with E-state index in [4.69, 9.17) is 15.5 Å². The maximum atomic E-state index is 12.8. The Balaban J connectivity index is 1.76. The summed E-state index contributed by atoms with van der Waals surface area (Å²) in [4.78, 5) is 35.0. The molecule has 2 aromatic heterocycles. The van der Waals surface area contributed by atoms with Crippen LogP contribution in [0.4, 0.5) is 11.6 Å². The van der Waals surface area contributed by atoms with Crippen LogP contribution in [0.1, 0.15) is 52.6 Å². The van der Waals surface area contributed by atoms with Crippen molar-refractivity contribution in [2.24, 2.45) is 5.73 Å². The molecule has 0 spiro atoms. The normalized spacial score (nSPS) is 14.0. The van der Waals surface area contributed by atoms with E-state index in [1.54, 1.807) is 43.4 Å². The van der Waals surface area contributed by atoms with Crippen molar-refractivity contribution < 1.29 is 14.3 Å². The number of hydrogen-bond acceptors (Lipinski definition) is 6. The predicted molar refractivity (Wildman–Crippen MR) is 118 cm³/mol. The van der Waals surface area contributed by atoms with Crippen LogP contribution >= 0.6 is 0 Å². The van der Waals surface area contributed by atoms with Gasteiger partial charge in [-0.15, -0.1) is 0 Å². The third kappa shape index (κ3) is 3.90. The van der Waals surface area contributed by atoms with Crippen molar-refractivity contribution in [2.45, 2.75) is 31.7 Å². The fraction of sp³-hybridized carbons (Fsp3) is 0.364. The molecule has 9 nitrogen and oxygen atoms in total. The smallest absolute Gasteiger partial charge is 0.270 e. The molecule has 1 aromatic carbocycles. The summed E-state index contributed by atoms with van der Waals surface area (Å²) in [6.07, 6.45) is 6.03. The standard InChI is InChI=1S/C22H26N6O3/c1-27(2)21(30)17-10-14-12-24-22(26-20(14)28(17)15-6-4-5-7-15)25-16-9-8-13(19(23)29)11-18(16)31-3/h8-12,15H,4-7H2,1-3H3,(H2,23,29)(H,24,25,26). The number of aromatic nitrogens is 3. The predicted octanol–water partition coefficient (Wildman–Crippen LogP) is 3.10. The van der Waals surface area contributed by atoms with Crippen LogP contribution in [-0.4, -0.2) is 52.5 Å². The number of nitrogens with two attached hydrogens (primary N) is 1. The molecule has 0 aliphatic heterocycles. The topological polar surface area (TPSA) is 115 Å². The van der Waals surface area contributed by atoms with Gasteiger partial charge in [0.2, 0.25) is 11.9 Å². The summed E-state index contributed by atoms with van der Waals surface area (Å²) in [5.74, 6) is 0.242. The zero-order valence-electron chi connectivity index (χ0n) is 17.9. The monoisotopic (exact) mass is 422 g/mol. The third-order valence-electron chi connectivity index (χ3n) is 5.62. The first-order valence-electron chi connectivity index (χ1n) is 10.2. The van der Waals surface area contributed by atoms with Crippen molar-refractivity contribution in [1.82, 2.24) is 19.4 Å². The van der Waals surface area contributed by atoms with Crippen LogP contribution in [-0.2, 0) is 0 Å². The van der Waals surface area contributed by atoms with Gasteiger partial charge < -0.3 is 25.3 Å². The summed E-state index contributed by atoms with van der Waals surface area (Å²) in [5, 5.41) is 3.97. The molecule has 1 aliphatic rings. The van der Waals surface area contributed by atoms with E-state index in [1.165, 1.54) is 7.11 Å². The molecule has 3 N–H and O–H groups in total. The van der Waals surface area contributed by atoms with E-state index in [-0.39, 0.29) is 11.9 Å². The first-order valence-corrected chi connectivity index (χ1v) is 10.2. The number of fused-ring (bicyclic) bond motifs is 1. The van der Waals surface area contributed by atoms with Crippen molar-refractivity contribution >= 4 is 34.5 Å². The number of anilines is 2. The number of methoxy groups -OCH3 is 1. The number of hydrogen-bond donors (Lipinski definition) is 2. The number of ether oxygens (including phenoxy) is 1. The molecule has 4 rings (SSSR count). The van der Waals surface area contributed by atoms with E-state index in [9.17, 15) is 9.59 Å². The van der Waals surface area contributed by atoms with Gasteiger partial charge in [0.25, 0.3) is 5.91 Å². The maximum Gasteiger partial charge on any atom is 0.270 e. The van der Waals surface area contributed by atoms with Gasteiger partial charge >= 0.3 is 0 Å². The molecule has 0 saturated heterocycles. The molecule has 0 atom stereocenters. The number of carbonyl (C=O) groups is 2. The van der Waals surface area contributed by atoms with E-state index < -0.39 is 5.91 Å². The average Bonchev–Trinajstić information content (AvgIpc) is 3.40. The Morgan fingerprint density at radius 2 is 1.97 bits per heavy atom. The Morgan fingerprint density at radius 1 is 1.23 bits per heavy atom. The lowest BCUT2D eigenvalue weighted by Gasteiger charge is -2.19. The highest BCUT2D eigenvalue weighted by Crippen LogP contribution is 2.35. The van der Waals surface area contributed by atoms with Crippen LogP contribution in [0.25, 0.3) is 11.0 Å². The third-order valence-corrected chi connectivity index (χ3v) is 5.62. The summed E-state index contributed by atoms with van der Waals surface area (Å²) in [7, 11) is 5.01. The van der Waals surface area contributed by atoms with Gasteiger partial charge in [-0.25, -0.2) is 4.98 Å². The minimum Gasteiger partial charge on any atom is -0.495 e. The van der Waals surface area contributed by atoms with E-state index in [1.807, 2.05) is 6.07 Å². The van der Waals surface area contributed by atoms with Gasteiger partial charge in [-0.3, -0.25) is 9.59 Å². The fourth-order valence-electron chi connectivity index (χ4n) is 4.06. The van der Waals surface area contributed by atoms with Crippen molar-refractivity contribution in [3.8, 4) is 5.75 Å². The number of carbonyl (C=O) groups excluding carboxylic acids is 2. The van der Waals surface area contributed by atoms with Crippen molar-refractivity contribution in [3.63, 3.8) is 0 Å². The summed E-state index contributed by atoms with van der Waals surface area (Å²) in [5.41, 5.74) is 7.66. The minimum atomic E-state index is -0.532. The average molecular weight is 422 g/mol. The van der Waals surface area contributed by atoms with Gasteiger partial charge in [-0.1, -0.05) is 12.8 Å². The van der Waals surface area contributed by atoms with Crippen LogP contribution in [0.5, 0.6) is 5.75 Å². The number of nitrogens with one attached hydrogen (secondary N) is 1. The van der Waals surface area contributed by atoms with E-state index in [0.29, 0.717) is 28.6 Å². The molecule has 0 bridgehead atoms. The summed E-state index contributed by atoms with van der Waals surface area (Å²) in [6, 6.07) is 6.98. The van der Waals surface area contributed by atoms with Crippen LogP contribution in [0, 0.1) is 0 Å². The van der Waals surface area contributed by atoms with Gasteiger partial charge in [0.15, 0.2) is 0 Å². The number of benzene rings is 1. The molecular formula is C22H26N6O3. The quantitative estimate of drug-likeness (QED) is 0.631. The van der Waals surface area contributed by atoms with E-state index in [2.05, 4.69) is 14.9 Å². The zero-order chi connectivity index (χ0) is 22.1. The van der Waals surface area contributed by atoms with Crippen molar-refractivity contribution in [2.75, 3.05) is 26.5 Å². The van der Waals surface area contributed by atoms with Crippen LogP contribution < -0.4 is 15.8 Å². The molecule has 9 heteroatoms. The molecule has 1 saturated carbocycles. The molecule has 2 amide bonds. The number of amides is 2. The van der Waals surface area contributed by atoms with Gasteiger partial charge in [0.05, 0.1) is 12.8 Å². The minimum absolute atomic E-state index is 0.0527. The molecule has 0 unspecified atom stereocenters. The summed E-state index contributed by atoms with van der Waals surface area (Å²) >= 11 is 0. The van der Waals surface area contributed by atoms with Crippen LogP contribution in [0.3, 0.4) is 0 Å². The second-order valence-corrected chi connectivity index (χ2v) is 7.91. The zero-order valence-corrected chi connectivity index (χ0v) is 17.9. The molecule has 31 heavy (non-hydrogen) atoms. The van der Waals surface area contributed by atoms with Crippen molar-refractivity contribution in [3.05, 3.63) is 41.7 Å². The second kappa shape index (κ2) is 8.25. The van der Waals surface area contributed by atoms with Gasteiger partial charge in [-0.05, 0) is 37.1 Å². The number of nitrogens with zero attached hydrogens (tertiary/aromatic N) is 4. The molecular weight excluding hydrogens is 396 g/mol. The molecule has 162 valence electrons. The van der Waals surface area contributed by atoms with Crippen LogP contribution in [0.2, 0.25) is 0 Å². The van der Waals surface area contributed by atoms with Gasteiger partial charge in [0.1, 0.15) is 17.1 Å². The van der Waals surface area contributed by atoms with E-state index >= 15 is 0 Å². The Morgan fingerprint density at radius 3 is 2.61 bits per heavy atom. The number of rotatable bonds is 6. The highest BCUT2D eigenvalue weighted by Gasteiger charge is 2.26. The van der Waals surface area contributed by atoms with Gasteiger partial charge in [0, 0.05) is 37.3 Å². The summed E-state index contributed by atoms with van der Waals surface area (Å²) in [6.45, 7) is 0. The Hall–Kier alpha value is -3.62. The lowest BCUT2D eigenvalue weighted by atomic mass is 10.2. The number of primary amides is 1. The summed E-state index contributed by atoms with van der Waals surface area (Å²) < 4.78 is 7.44. The van der Waals surface area contributed by atoms with Gasteiger partial charge in [-0.2, -0.15) is 4.98 Å². The first kappa shape index (κ1) is 20.6. The molecule has 3 aromatic rings. The van der Waals surface area contributed by atoms with Crippen LogP contribution in [0.15, 0.2) is 30.5 Å². The molecule has 2 heterocycles. The fourth-order valence-corrected chi connectivity index (χ4v) is 4.06. The maximum absolute atomic E-state index is 12.8. The van der Waals surface area contributed by atoms with Crippen molar-refractivity contribution in [1.29, 1.82) is 0 Å². The Labute approximate surface area is 180 Å². The lowest BCUT2D eigenvalue weighted by Crippen LogP contribution is -2.25. The molecule has 1 fully saturated rings.